The topological polar surface area (TPSA) is 29.1 Å². The molecular weight excluding hydrogens is 302 g/mol. The summed E-state index contributed by atoms with van der Waals surface area (Å²) in [6, 6.07) is 10.1. The molecule has 0 amide bonds. The zero-order valence-electron chi connectivity index (χ0n) is 14.2. The van der Waals surface area contributed by atoms with Gasteiger partial charge in [0.1, 0.15) is 0 Å². The van der Waals surface area contributed by atoms with Crippen LogP contribution in [0.3, 0.4) is 0 Å². The van der Waals surface area contributed by atoms with Crippen LogP contribution >= 0.6 is 11.8 Å². The van der Waals surface area contributed by atoms with Crippen molar-refractivity contribution in [2.24, 2.45) is 5.41 Å². The summed E-state index contributed by atoms with van der Waals surface area (Å²) in [6.45, 7) is 6.92. The molecule has 0 saturated heterocycles. The highest BCUT2D eigenvalue weighted by molar-refractivity contribution is 8.04. The van der Waals surface area contributed by atoms with E-state index in [1.54, 1.807) is 6.08 Å². The van der Waals surface area contributed by atoms with Crippen LogP contribution in [0.15, 0.2) is 52.6 Å². The van der Waals surface area contributed by atoms with Crippen LogP contribution in [0.4, 0.5) is 5.69 Å². The summed E-state index contributed by atoms with van der Waals surface area (Å²) in [5.74, 6) is 0.230. The lowest BCUT2D eigenvalue weighted by atomic mass is 9.71. The fraction of sp³-hybridized carbons (Fsp3) is 0.450. The lowest BCUT2D eigenvalue weighted by molar-refractivity contribution is -0.114. The molecule has 0 aromatic heterocycles. The minimum absolute atomic E-state index is 0.204. The summed E-state index contributed by atoms with van der Waals surface area (Å²) in [6.07, 6.45) is 6.05. The highest BCUT2D eigenvalue weighted by Gasteiger charge is 2.36. The van der Waals surface area contributed by atoms with Gasteiger partial charge in [0.25, 0.3) is 0 Å². The van der Waals surface area contributed by atoms with Gasteiger partial charge in [0.05, 0.1) is 5.03 Å². The number of rotatable bonds is 3. The van der Waals surface area contributed by atoms with E-state index in [9.17, 15) is 4.79 Å². The normalized spacial score (nSPS) is 24.4. The molecule has 1 aliphatic carbocycles. The third-order valence-electron chi connectivity index (χ3n) is 4.85. The Morgan fingerprint density at radius 3 is 2.65 bits per heavy atom. The van der Waals surface area contributed by atoms with Crippen LogP contribution in [-0.2, 0) is 4.79 Å². The number of nitrogens with one attached hydrogen (secondary N) is 1. The molecular formula is C20H25NOS. The van der Waals surface area contributed by atoms with Crippen molar-refractivity contribution in [2.45, 2.75) is 51.7 Å². The first-order chi connectivity index (χ1) is 11.0. The molecule has 1 aromatic carbocycles. The molecule has 3 heteroatoms. The van der Waals surface area contributed by atoms with E-state index in [-0.39, 0.29) is 16.4 Å². The summed E-state index contributed by atoms with van der Waals surface area (Å²) in [5.41, 5.74) is 4.23. The van der Waals surface area contributed by atoms with Gasteiger partial charge in [-0.2, -0.15) is 0 Å². The molecule has 0 spiro atoms. The third kappa shape index (κ3) is 3.72. The van der Waals surface area contributed by atoms with Crippen molar-refractivity contribution < 1.29 is 4.79 Å². The van der Waals surface area contributed by atoms with Gasteiger partial charge in [-0.3, -0.25) is 4.79 Å². The Kier molecular flexibility index (Phi) is 4.67. The van der Waals surface area contributed by atoms with Gasteiger partial charge in [-0.15, -0.1) is 11.8 Å². The summed E-state index contributed by atoms with van der Waals surface area (Å²) in [7, 11) is 0. The summed E-state index contributed by atoms with van der Waals surface area (Å²) >= 11 is 1.81. The van der Waals surface area contributed by atoms with Gasteiger partial charge in [0.15, 0.2) is 5.78 Å². The van der Waals surface area contributed by atoms with E-state index in [2.05, 4.69) is 26.1 Å². The Hall–Kier alpha value is -1.48. The van der Waals surface area contributed by atoms with Gasteiger partial charge in [0, 0.05) is 23.4 Å². The number of carbonyl (C=O) groups is 1. The first-order valence-electron chi connectivity index (χ1n) is 8.39. The summed E-state index contributed by atoms with van der Waals surface area (Å²) in [4.78, 5) is 12.3. The zero-order chi connectivity index (χ0) is 16.4. The van der Waals surface area contributed by atoms with E-state index in [0.717, 1.165) is 10.7 Å². The second-order valence-corrected chi connectivity index (χ2v) is 8.45. The van der Waals surface area contributed by atoms with Crippen molar-refractivity contribution in [3.63, 3.8) is 0 Å². The minimum Gasteiger partial charge on any atom is -0.350 e. The van der Waals surface area contributed by atoms with Crippen molar-refractivity contribution in [1.29, 1.82) is 0 Å². The maximum absolute atomic E-state index is 12.3. The molecule has 1 N–H and O–H groups in total. The number of ketones is 1. The predicted molar refractivity (Wildman–Crippen MR) is 99.5 cm³/mol. The van der Waals surface area contributed by atoms with Crippen molar-refractivity contribution >= 4 is 23.2 Å². The van der Waals surface area contributed by atoms with Crippen molar-refractivity contribution in [2.75, 3.05) is 5.32 Å². The Morgan fingerprint density at radius 1 is 1.22 bits per heavy atom. The fourth-order valence-electron chi connectivity index (χ4n) is 3.86. The molecule has 1 atom stereocenters. The molecule has 3 rings (SSSR count). The van der Waals surface area contributed by atoms with E-state index in [4.69, 9.17) is 0 Å². The molecule has 2 nitrogen and oxygen atoms in total. The van der Waals surface area contributed by atoms with Gasteiger partial charge in [-0.1, -0.05) is 43.2 Å². The highest BCUT2D eigenvalue weighted by atomic mass is 32.2. The monoisotopic (exact) mass is 327 g/mol. The van der Waals surface area contributed by atoms with Crippen molar-refractivity contribution in [3.8, 4) is 0 Å². The van der Waals surface area contributed by atoms with Gasteiger partial charge in [0.2, 0.25) is 0 Å². The largest absolute Gasteiger partial charge is 0.350 e. The predicted octanol–water partition coefficient (Wildman–Crippen LogP) is 5.54. The molecule has 1 aromatic rings. The van der Waals surface area contributed by atoms with E-state index >= 15 is 0 Å². The second-order valence-electron chi connectivity index (χ2n) is 7.21. The van der Waals surface area contributed by atoms with E-state index < -0.39 is 0 Å². The Bertz CT molecular complexity index is 657. The van der Waals surface area contributed by atoms with Crippen LogP contribution in [0.2, 0.25) is 0 Å². The number of benzene rings is 1. The van der Waals surface area contributed by atoms with E-state index in [0.29, 0.717) is 6.42 Å². The Balaban J connectivity index is 1.83. The first kappa shape index (κ1) is 16.4. The van der Waals surface area contributed by atoms with Crippen LogP contribution < -0.4 is 5.32 Å². The number of carbonyl (C=O) groups excluding carboxylic acids is 1. The maximum atomic E-state index is 12.3. The SMILES string of the molecule is CC1=C(C2CC(=O)C=C(Nc3ccccc3)S2)C(C)(C)CCC1. The molecule has 0 bridgehead atoms. The molecule has 122 valence electrons. The van der Waals surface area contributed by atoms with Gasteiger partial charge in [-0.05, 0) is 43.7 Å². The van der Waals surface area contributed by atoms with Gasteiger partial charge >= 0.3 is 0 Å². The van der Waals surface area contributed by atoms with Crippen LogP contribution in [0.1, 0.15) is 46.5 Å². The molecule has 0 radical (unpaired) electrons. The number of hydrogen-bond acceptors (Lipinski definition) is 3. The third-order valence-corrected chi connectivity index (χ3v) is 6.01. The molecule has 0 fully saturated rings. The molecule has 1 aliphatic heterocycles. The first-order valence-corrected chi connectivity index (χ1v) is 9.27. The molecule has 1 unspecified atom stereocenters. The van der Waals surface area contributed by atoms with Crippen LogP contribution in [0, 0.1) is 5.41 Å². The zero-order valence-corrected chi connectivity index (χ0v) is 15.0. The van der Waals surface area contributed by atoms with Gasteiger partial charge < -0.3 is 5.32 Å². The van der Waals surface area contributed by atoms with Crippen molar-refractivity contribution in [3.05, 3.63) is 52.6 Å². The molecule has 2 aliphatic rings. The molecule has 0 saturated carbocycles. The van der Waals surface area contributed by atoms with Crippen LogP contribution in [-0.4, -0.2) is 11.0 Å². The van der Waals surface area contributed by atoms with E-state index in [1.807, 2.05) is 42.1 Å². The van der Waals surface area contributed by atoms with Crippen molar-refractivity contribution in [1.82, 2.24) is 0 Å². The summed E-state index contributed by atoms with van der Waals surface area (Å²) < 4.78 is 0. The van der Waals surface area contributed by atoms with Crippen LogP contribution in [0.25, 0.3) is 0 Å². The lowest BCUT2D eigenvalue weighted by Crippen LogP contribution is -2.30. The fourth-order valence-corrected chi connectivity index (χ4v) is 5.43. The minimum atomic E-state index is 0.204. The molecule has 23 heavy (non-hydrogen) atoms. The average Bonchev–Trinajstić information content (AvgIpc) is 2.46. The average molecular weight is 327 g/mol. The number of hydrogen-bond donors (Lipinski definition) is 1. The highest BCUT2D eigenvalue weighted by Crippen LogP contribution is 2.48. The number of allylic oxidation sites excluding steroid dienone is 2. The second kappa shape index (κ2) is 6.56. The maximum Gasteiger partial charge on any atom is 0.159 e. The molecule has 1 heterocycles. The number of anilines is 1. The summed E-state index contributed by atoms with van der Waals surface area (Å²) in [5, 5.41) is 4.65. The Morgan fingerprint density at radius 2 is 1.96 bits per heavy atom. The van der Waals surface area contributed by atoms with Gasteiger partial charge in [-0.25, -0.2) is 0 Å². The quantitative estimate of drug-likeness (QED) is 0.739. The standard InChI is InChI=1S/C20H25NOS/c1-14-8-7-11-20(2,3)19(14)17-12-16(22)13-18(23-17)21-15-9-5-4-6-10-15/h4-6,9-10,13,17,21H,7-8,11-12H2,1-3H3. The van der Waals surface area contributed by atoms with Crippen LogP contribution in [0.5, 0.6) is 0 Å². The lowest BCUT2D eigenvalue weighted by Gasteiger charge is -2.39. The smallest absolute Gasteiger partial charge is 0.159 e. The Labute approximate surface area is 143 Å². The number of thioether (sulfide) groups is 1. The van der Waals surface area contributed by atoms with E-state index in [1.165, 1.54) is 30.4 Å². The number of para-hydroxylation sites is 1.